The number of benzene rings is 2. The maximum Gasteiger partial charge on any atom is 0.264 e. The Morgan fingerprint density at radius 3 is 2.55 bits per heavy atom. The van der Waals surface area contributed by atoms with Gasteiger partial charge in [0, 0.05) is 45.8 Å². The van der Waals surface area contributed by atoms with E-state index < -0.39 is 0 Å². The summed E-state index contributed by atoms with van der Waals surface area (Å²) in [6.07, 6.45) is 3.50. The SMILES string of the molecule is O=c1[nH]c(-n2cc(-c3cnc4snnc4c3)c3ccccc3c2=O)cc2ccccc12. The Morgan fingerprint density at radius 2 is 1.68 bits per heavy atom. The monoisotopic (exact) mass is 423 g/mol. The Bertz CT molecular complexity index is 1750. The Morgan fingerprint density at radius 1 is 0.903 bits per heavy atom. The van der Waals surface area contributed by atoms with Gasteiger partial charge in [-0.05, 0) is 35.0 Å². The van der Waals surface area contributed by atoms with Gasteiger partial charge in [0.1, 0.15) is 11.3 Å². The lowest BCUT2D eigenvalue weighted by atomic mass is 10.0. The molecule has 0 saturated carbocycles. The molecule has 0 radical (unpaired) electrons. The van der Waals surface area contributed by atoms with E-state index in [0.29, 0.717) is 22.1 Å². The summed E-state index contributed by atoms with van der Waals surface area (Å²) < 4.78 is 5.43. The molecule has 0 spiro atoms. The van der Waals surface area contributed by atoms with E-state index in [0.717, 1.165) is 26.7 Å². The minimum atomic E-state index is -0.244. The molecule has 0 aliphatic heterocycles. The van der Waals surface area contributed by atoms with E-state index in [-0.39, 0.29) is 11.1 Å². The molecule has 6 rings (SSSR count). The number of fused-ring (bicyclic) bond motifs is 3. The molecule has 31 heavy (non-hydrogen) atoms. The van der Waals surface area contributed by atoms with Gasteiger partial charge in [-0.2, -0.15) is 0 Å². The lowest BCUT2D eigenvalue weighted by molar-refractivity contribution is 0.951. The highest BCUT2D eigenvalue weighted by molar-refractivity contribution is 7.12. The Kier molecular flexibility index (Phi) is 3.81. The second-order valence-electron chi connectivity index (χ2n) is 7.16. The molecule has 4 aromatic heterocycles. The van der Waals surface area contributed by atoms with Crippen LogP contribution in [0.2, 0.25) is 0 Å². The third-order valence-electron chi connectivity index (χ3n) is 5.34. The number of nitrogens with zero attached hydrogens (tertiary/aromatic N) is 4. The van der Waals surface area contributed by atoms with Crippen LogP contribution >= 0.6 is 11.5 Å². The first-order valence-corrected chi connectivity index (χ1v) is 10.3. The van der Waals surface area contributed by atoms with Crippen molar-refractivity contribution in [1.82, 2.24) is 24.1 Å². The van der Waals surface area contributed by atoms with Crippen molar-refractivity contribution in [1.29, 1.82) is 0 Å². The zero-order valence-electron chi connectivity index (χ0n) is 15.9. The number of nitrogens with one attached hydrogen (secondary N) is 1. The number of aromatic amines is 1. The van der Waals surface area contributed by atoms with E-state index >= 15 is 0 Å². The topological polar surface area (TPSA) is 93.5 Å². The largest absolute Gasteiger partial charge is 0.308 e. The lowest BCUT2D eigenvalue weighted by Crippen LogP contribution is -2.22. The molecule has 148 valence electrons. The van der Waals surface area contributed by atoms with Crippen LogP contribution in [0.15, 0.2) is 82.6 Å². The van der Waals surface area contributed by atoms with Crippen molar-refractivity contribution in [3.05, 3.63) is 93.8 Å². The maximum absolute atomic E-state index is 13.3. The quantitative estimate of drug-likeness (QED) is 0.456. The third kappa shape index (κ3) is 2.77. The summed E-state index contributed by atoms with van der Waals surface area (Å²) in [5.41, 5.74) is 1.87. The van der Waals surface area contributed by atoms with E-state index in [9.17, 15) is 9.59 Å². The number of aromatic nitrogens is 5. The van der Waals surface area contributed by atoms with Gasteiger partial charge < -0.3 is 4.98 Å². The average molecular weight is 423 g/mol. The Labute approximate surface area is 178 Å². The van der Waals surface area contributed by atoms with Crippen LogP contribution in [0.1, 0.15) is 0 Å². The van der Waals surface area contributed by atoms with Gasteiger partial charge in [-0.1, -0.05) is 40.9 Å². The normalized spacial score (nSPS) is 11.5. The third-order valence-corrected chi connectivity index (χ3v) is 5.99. The van der Waals surface area contributed by atoms with Crippen LogP contribution < -0.4 is 11.1 Å². The summed E-state index contributed by atoms with van der Waals surface area (Å²) >= 11 is 1.23. The van der Waals surface area contributed by atoms with Gasteiger partial charge in [-0.25, -0.2) is 4.98 Å². The number of hydrogen-bond donors (Lipinski definition) is 1. The minimum absolute atomic E-state index is 0.213. The predicted molar refractivity (Wildman–Crippen MR) is 122 cm³/mol. The summed E-state index contributed by atoms with van der Waals surface area (Å²) in [7, 11) is 0. The van der Waals surface area contributed by atoms with Crippen LogP contribution in [0, 0.1) is 0 Å². The van der Waals surface area contributed by atoms with E-state index in [1.54, 1.807) is 24.5 Å². The Balaban J connectivity index is 1.69. The standard InChI is InChI=1S/C23H13N5O2S/c29-21-15-6-2-1-5-13(15)10-20(25-21)28-12-18(16-7-3-4-8-17(16)23(28)30)14-9-19-22(24-11-14)31-27-26-19/h1-12H,(H,25,29). The molecule has 6 aromatic rings. The molecule has 0 aliphatic carbocycles. The predicted octanol–water partition coefficient (Wildman–Crippen LogP) is 3.90. The lowest BCUT2D eigenvalue weighted by Gasteiger charge is -2.13. The molecule has 0 fully saturated rings. The first kappa shape index (κ1) is 17.7. The molecule has 8 heteroatoms. The first-order valence-electron chi connectivity index (χ1n) is 9.54. The van der Waals surface area contributed by atoms with Gasteiger partial charge in [0.25, 0.3) is 11.1 Å². The highest BCUT2D eigenvalue weighted by Gasteiger charge is 2.14. The molecular weight excluding hydrogens is 410 g/mol. The highest BCUT2D eigenvalue weighted by Crippen LogP contribution is 2.29. The van der Waals surface area contributed by atoms with Crippen LogP contribution in [0.3, 0.4) is 0 Å². The van der Waals surface area contributed by atoms with Gasteiger partial charge in [0.2, 0.25) is 0 Å². The van der Waals surface area contributed by atoms with Crippen LogP contribution in [-0.2, 0) is 0 Å². The summed E-state index contributed by atoms with van der Waals surface area (Å²) in [5.74, 6) is 0.407. The molecular formula is C23H13N5O2S. The van der Waals surface area contributed by atoms with Gasteiger partial charge in [-0.15, -0.1) is 5.10 Å². The van der Waals surface area contributed by atoms with E-state index in [4.69, 9.17) is 0 Å². The van der Waals surface area contributed by atoms with Crippen molar-refractivity contribution in [2.75, 3.05) is 0 Å². The molecule has 0 amide bonds. The Hall–Kier alpha value is -4.17. The van der Waals surface area contributed by atoms with Crippen molar-refractivity contribution >= 4 is 43.4 Å². The van der Waals surface area contributed by atoms with Crippen molar-refractivity contribution in [3.63, 3.8) is 0 Å². The van der Waals surface area contributed by atoms with Crippen LogP contribution in [0.4, 0.5) is 0 Å². The molecule has 0 unspecified atom stereocenters. The molecule has 0 aliphatic rings. The van der Waals surface area contributed by atoms with Crippen molar-refractivity contribution in [2.24, 2.45) is 0 Å². The molecule has 0 saturated heterocycles. The number of hydrogen-bond acceptors (Lipinski definition) is 6. The van der Waals surface area contributed by atoms with Crippen molar-refractivity contribution in [2.45, 2.75) is 0 Å². The van der Waals surface area contributed by atoms with Gasteiger partial charge >= 0.3 is 0 Å². The summed E-state index contributed by atoms with van der Waals surface area (Å²) in [6.45, 7) is 0. The van der Waals surface area contributed by atoms with Crippen LogP contribution in [0.5, 0.6) is 0 Å². The fraction of sp³-hybridized carbons (Fsp3) is 0. The second kappa shape index (κ2) is 6.68. The molecule has 0 atom stereocenters. The van der Waals surface area contributed by atoms with E-state index in [2.05, 4.69) is 19.6 Å². The second-order valence-corrected chi connectivity index (χ2v) is 7.89. The molecule has 2 aromatic carbocycles. The molecule has 7 nitrogen and oxygen atoms in total. The van der Waals surface area contributed by atoms with Gasteiger partial charge in [0.05, 0.1) is 0 Å². The van der Waals surface area contributed by atoms with Crippen LogP contribution in [0.25, 0.3) is 48.8 Å². The fourth-order valence-corrected chi connectivity index (χ4v) is 4.36. The molecule has 4 heterocycles. The first-order chi connectivity index (χ1) is 15.2. The van der Waals surface area contributed by atoms with Crippen molar-refractivity contribution < 1.29 is 0 Å². The van der Waals surface area contributed by atoms with E-state index in [1.807, 2.05) is 48.5 Å². The summed E-state index contributed by atoms with van der Waals surface area (Å²) in [6, 6.07) is 18.4. The smallest absolute Gasteiger partial charge is 0.264 e. The molecule has 1 N–H and O–H groups in total. The summed E-state index contributed by atoms with van der Waals surface area (Å²) in [5, 5.41) is 6.81. The zero-order valence-corrected chi connectivity index (χ0v) is 16.8. The maximum atomic E-state index is 13.3. The van der Waals surface area contributed by atoms with Crippen molar-refractivity contribution in [3.8, 4) is 16.9 Å². The van der Waals surface area contributed by atoms with Gasteiger partial charge in [0.15, 0.2) is 4.83 Å². The van der Waals surface area contributed by atoms with E-state index in [1.165, 1.54) is 16.1 Å². The summed E-state index contributed by atoms with van der Waals surface area (Å²) in [4.78, 5) is 34.0. The average Bonchev–Trinajstić information content (AvgIpc) is 3.27. The number of rotatable bonds is 2. The van der Waals surface area contributed by atoms with Gasteiger partial charge in [-0.3, -0.25) is 14.2 Å². The van der Waals surface area contributed by atoms with Crippen LogP contribution in [-0.4, -0.2) is 24.1 Å². The zero-order chi connectivity index (χ0) is 20.9. The minimum Gasteiger partial charge on any atom is -0.308 e. The number of H-pyrrole nitrogens is 1. The fourth-order valence-electron chi connectivity index (χ4n) is 3.86. The number of pyridine rings is 3. The highest BCUT2D eigenvalue weighted by atomic mass is 32.1. The molecule has 0 bridgehead atoms.